The molecule has 1 unspecified atom stereocenters. The number of ether oxygens (including phenoxy) is 1. The first-order valence-corrected chi connectivity index (χ1v) is 8.68. The second-order valence-corrected chi connectivity index (χ2v) is 5.94. The zero-order valence-electron chi connectivity index (χ0n) is 14.4. The van der Waals surface area contributed by atoms with E-state index in [9.17, 15) is 9.90 Å². The largest absolute Gasteiger partial charge is 0.485 e. The van der Waals surface area contributed by atoms with Crippen molar-refractivity contribution in [2.24, 2.45) is 0 Å². The first-order valence-electron chi connectivity index (χ1n) is 7.80. The van der Waals surface area contributed by atoms with Crippen LogP contribution >= 0.6 is 11.3 Å². The number of thiazole rings is 1. The van der Waals surface area contributed by atoms with E-state index in [4.69, 9.17) is 9.15 Å². The van der Waals surface area contributed by atoms with Crippen LogP contribution in [-0.4, -0.2) is 16.1 Å². The standard InChI is InChI=1S/C16H15NO4S.C2H6/c1-8-15(22-7-17-8)10(3)20-11-4-5-13-12(6-11)14(16(18)19)9(2)21-13;1-2/h4-7,10H,1-3H3,(H,18,19);1-2H3. The summed E-state index contributed by atoms with van der Waals surface area (Å²) >= 11 is 1.54. The number of hydrogen-bond acceptors (Lipinski definition) is 5. The van der Waals surface area contributed by atoms with Crippen LogP contribution in [0.15, 0.2) is 28.1 Å². The fraction of sp³-hybridized carbons (Fsp3) is 0.333. The van der Waals surface area contributed by atoms with Crippen molar-refractivity contribution in [3.63, 3.8) is 0 Å². The molecule has 0 saturated carbocycles. The van der Waals surface area contributed by atoms with Gasteiger partial charge in [0.15, 0.2) is 0 Å². The van der Waals surface area contributed by atoms with Crippen molar-refractivity contribution >= 4 is 28.3 Å². The summed E-state index contributed by atoms with van der Waals surface area (Å²) in [5, 5.41) is 9.86. The molecule has 0 spiro atoms. The second kappa shape index (κ2) is 7.49. The predicted octanol–water partition coefficient (Wildman–Crippen LogP) is 5.37. The summed E-state index contributed by atoms with van der Waals surface area (Å²) < 4.78 is 11.4. The number of aromatic carboxylic acids is 1. The van der Waals surface area contributed by atoms with Crippen LogP contribution in [0.3, 0.4) is 0 Å². The normalized spacial score (nSPS) is 11.7. The molecule has 0 radical (unpaired) electrons. The summed E-state index contributed by atoms with van der Waals surface area (Å²) in [7, 11) is 0. The van der Waals surface area contributed by atoms with Crippen LogP contribution in [0.1, 0.15) is 53.6 Å². The van der Waals surface area contributed by atoms with Gasteiger partial charge in [0.1, 0.15) is 28.8 Å². The van der Waals surface area contributed by atoms with Crippen LogP contribution in [0.4, 0.5) is 0 Å². The molecule has 24 heavy (non-hydrogen) atoms. The third-order valence-corrected chi connectivity index (χ3v) is 4.61. The first kappa shape index (κ1) is 18.0. The fourth-order valence-corrected chi connectivity index (χ4v) is 3.28. The SMILES string of the molecule is CC.Cc1ncsc1C(C)Oc1ccc2oc(C)c(C(=O)O)c2c1. The molecular formula is C18H21NO4S. The van der Waals surface area contributed by atoms with Crippen molar-refractivity contribution in [1.29, 1.82) is 0 Å². The minimum Gasteiger partial charge on any atom is -0.485 e. The van der Waals surface area contributed by atoms with E-state index in [0.29, 0.717) is 22.5 Å². The predicted molar refractivity (Wildman–Crippen MR) is 95.2 cm³/mol. The smallest absolute Gasteiger partial charge is 0.339 e. The number of benzene rings is 1. The monoisotopic (exact) mass is 347 g/mol. The molecular weight excluding hydrogens is 326 g/mol. The van der Waals surface area contributed by atoms with Gasteiger partial charge in [0.25, 0.3) is 0 Å². The molecule has 2 heterocycles. The van der Waals surface area contributed by atoms with E-state index < -0.39 is 5.97 Å². The maximum atomic E-state index is 11.4. The van der Waals surface area contributed by atoms with Gasteiger partial charge in [-0.1, -0.05) is 13.8 Å². The Morgan fingerprint density at radius 2 is 2.04 bits per heavy atom. The van der Waals surface area contributed by atoms with E-state index in [-0.39, 0.29) is 11.7 Å². The van der Waals surface area contributed by atoms with E-state index >= 15 is 0 Å². The number of fused-ring (bicyclic) bond motifs is 1. The van der Waals surface area contributed by atoms with Gasteiger partial charge < -0.3 is 14.3 Å². The number of aromatic nitrogens is 1. The number of nitrogens with zero attached hydrogens (tertiary/aromatic N) is 1. The van der Waals surface area contributed by atoms with Gasteiger partial charge >= 0.3 is 5.97 Å². The van der Waals surface area contributed by atoms with Crippen molar-refractivity contribution in [2.45, 2.75) is 40.7 Å². The first-order chi connectivity index (χ1) is 11.5. The van der Waals surface area contributed by atoms with Gasteiger partial charge in [-0.2, -0.15) is 0 Å². The highest BCUT2D eigenvalue weighted by molar-refractivity contribution is 7.09. The molecule has 0 aliphatic carbocycles. The molecule has 0 aliphatic rings. The van der Waals surface area contributed by atoms with Crippen molar-refractivity contribution in [3.05, 3.63) is 45.6 Å². The Kier molecular flexibility index (Phi) is 5.62. The number of aryl methyl sites for hydroxylation is 2. The van der Waals surface area contributed by atoms with Gasteiger partial charge in [0.2, 0.25) is 0 Å². The molecule has 0 bridgehead atoms. The van der Waals surface area contributed by atoms with Crippen LogP contribution < -0.4 is 4.74 Å². The Morgan fingerprint density at radius 3 is 2.62 bits per heavy atom. The highest BCUT2D eigenvalue weighted by atomic mass is 32.1. The summed E-state index contributed by atoms with van der Waals surface area (Å²) in [6.07, 6.45) is -0.147. The average molecular weight is 347 g/mol. The number of carboxylic acids is 1. The zero-order valence-corrected chi connectivity index (χ0v) is 15.2. The Hall–Kier alpha value is -2.34. The van der Waals surface area contributed by atoms with Crippen LogP contribution in [0.2, 0.25) is 0 Å². The quantitative estimate of drug-likeness (QED) is 0.687. The molecule has 1 atom stereocenters. The number of carboxylic acid groups (broad SMARTS) is 1. The maximum absolute atomic E-state index is 11.4. The molecule has 0 amide bonds. The summed E-state index contributed by atoms with van der Waals surface area (Å²) in [6, 6.07) is 5.22. The number of rotatable bonds is 4. The van der Waals surface area contributed by atoms with E-state index in [2.05, 4.69) is 4.98 Å². The van der Waals surface area contributed by atoms with Crippen LogP contribution in [0.25, 0.3) is 11.0 Å². The molecule has 6 heteroatoms. The van der Waals surface area contributed by atoms with Gasteiger partial charge in [-0.3, -0.25) is 0 Å². The van der Waals surface area contributed by atoms with Gasteiger partial charge in [-0.15, -0.1) is 11.3 Å². The average Bonchev–Trinajstić information content (AvgIpc) is 3.11. The lowest BCUT2D eigenvalue weighted by Gasteiger charge is -2.13. The Balaban J connectivity index is 0.00000100. The molecule has 2 aromatic heterocycles. The van der Waals surface area contributed by atoms with Crippen molar-refractivity contribution in [3.8, 4) is 5.75 Å². The molecule has 5 nitrogen and oxygen atoms in total. The Bertz CT molecular complexity index is 850. The number of furan rings is 1. The summed E-state index contributed by atoms with van der Waals surface area (Å²) in [5.74, 6) is 0.00171. The molecule has 1 aromatic carbocycles. The second-order valence-electron chi connectivity index (χ2n) is 5.06. The van der Waals surface area contributed by atoms with Gasteiger partial charge in [0, 0.05) is 5.39 Å². The third kappa shape index (κ3) is 3.43. The van der Waals surface area contributed by atoms with Crippen molar-refractivity contribution in [2.75, 3.05) is 0 Å². The van der Waals surface area contributed by atoms with Crippen LogP contribution in [-0.2, 0) is 0 Å². The highest BCUT2D eigenvalue weighted by Crippen LogP contribution is 2.32. The number of carbonyl (C=O) groups is 1. The Labute approximate surface area is 144 Å². The Morgan fingerprint density at radius 1 is 1.33 bits per heavy atom. The molecule has 128 valence electrons. The van der Waals surface area contributed by atoms with Crippen LogP contribution in [0, 0.1) is 13.8 Å². The minimum atomic E-state index is -1.00. The van der Waals surface area contributed by atoms with Gasteiger partial charge in [-0.05, 0) is 39.0 Å². The summed E-state index contributed by atoms with van der Waals surface area (Å²) in [4.78, 5) is 16.6. The van der Waals surface area contributed by atoms with Gasteiger partial charge in [0.05, 0.1) is 16.1 Å². The summed E-state index contributed by atoms with van der Waals surface area (Å²) in [5.41, 5.74) is 3.46. The lowest BCUT2D eigenvalue weighted by Crippen LogP contribution is -2.03. The summed E-state index contributed by atoms with van der Waals surface area (Å²) in [6.45, 7) is 9.54. The molecule has 0 saturated heterocycles. The van der Waals surface area contributed by atoms with Crippen LogP contribution in [0.5, 0.6) is 5.75 Å². The third-order valence-electron chi connectivity index (χ3n) is 3.51. The minimum absolute atomic E-state index is 0.147. The van der Waals surface area contributed by atoms with E-state index in [0.717, 1.165) is 10.6 Å². The zero-order chi connectivity index (χ0) is 17.9. The fourth-order valence-electron chi connectivity index (χ4n) is 2.50. The molecule has 0 aliphatic heterocycles. The highest BCUT2D eigenvalue weighted by Gasteiger charge is 2.19. The lowest BCUT2D eigenvalue weighted by molar-refractivity contribution is 0.0697. The maximum Gasteiger partial charge on any atom is 0.339 e. The van der Waals surface area contributed by atoms with Crippen molar-refractivity contribution < 1.29 is 19.1 Å². The van der Waals surface area contributed by atoms with Gasteiger partial charge in [-0.25, -0.2) is 9.78 Å². The lowest BCUT2D eigenvalue weighted by atomic mass is 10.1. The molecule has 0 fully saturated rings. The molecule has 3 aromatic rings. The molecule has 1 N–H and O–H groups in total. The topological polar surface area (TPSA) is 72.6 Å². The van der Waals surface area contributed by atoms with E-state index in [1.807, 2.05) is 27.7 Å². The van der Waals surface area contributed by atoms with E-state index in [1.54, 1.807) is 42.0 Å². The van der Waals surface area contributed by atoms with E-state index in [1.165, 1.54) is 0 Å². The molecule has 3 rings (SSSR count). The number of hydrogen-bond donors (Lipinski definition) is 1. The van der Waals surface area contributed by atoms with Crippen molar-refractivity contribution in [1.82, 2.24) is 4.98 Å².